The first kappa shape index (κ1) is 18.3. The second-order valence-corrected chi connectivity index (χ2v) is 4.40. The number of methoxy groups -OCH3 is 1. The molecule has 0 fully saturated rings. The molecule has 0 rings (SSSR count). The van der Waals surface area contributed by atoms with Gasteiger partial charge in [-0.2, -0.15) is 26.3 Å². The summed E-state index contributed by atoms with van der Waals surface area (Å²) in [7, 11) is 2.07. The molecule has 1 amide bonds. The topological polar surface area (TPSA) is 29.5 Å². The van der Waals surface area contributed by atoms with E-state index in [1.807, 2.05) is 0 Å². The number of halogens is 7. The van der Waals surface area contributed by atoms with Crippen LogP contribution < -0.4 is 0 Å². The molecular formula is C9H12ClF6NO2. The molecule has 0 saturated carbocycles. The average Bonchev–Trinajstić information content (AvgIpc) is 2.12. The normalized spacial score (nSPS) is 14.6. The first-order chi connectivity index (χ1) is 8.41. The van der Waals surface area contributed by atoms with Gasteiger partial charge in [-0.1, -0.05) is 0 Å². The summed E-state index contributed by atoms with van der Waals surface area (Å²) in [6.07, 6.45) is -11.4. The standard InChI is InChI=1S/C9H12ClF6NO2/c1-17(3-5(10)4-19-2)7(18)6(8(11,12)13)9(14,15)16/h5-6H,3-4H2,1-2H3. The second kappa shape index (κ2) is 6.65. The number of amides is 1. The molecule has 0 spiro atoms. The van der Waals surface area contributed by atoms with Crippen LogP contribution in [0.15, 0.2) is 0 Å². The highest BCUT2D eigenvalue weighted by Gasteiger charge is 2.61. The van der Waals surface area contributed by atoms with Gasteiger partial charge in [0.05, 0.1) is 12.0 Å². The van der Waals surface area contributed by atoms with Crippen LogP contribution in [0.4, 0.5) is 26.3 Å². The molecule has 19 heavy (non-hydrogen) atoms. The van der Waals surface area contributed by atoms with Gasteiger partial charge in [-0.25, -0.2) is 0 Å². The molecule has 0 radical (unpaired) electrons. The van der Waals surface area contributed by atoms with E-state index in [2.05, 4.69) is 4.74 Å². The van der Waals surface area contributed by atoms with Crippen molar-refractivity contribution in [1.82, 2.24) is 4.90 Å². The smallest absolute Gasteiger partial charge is 0.383 e. The molecule has 0 aliphatic rings. The van der Waals surface area contributed by atoms with E-state index in [9.17, 15) is 31.1 Å². The fourth-order valence-corrected chi connectivity index (χ4v) is 1.64. The van der Waals surface area contributed by atoms with Crippen LogP contribution in [0.3, 0.4) is 0 Å². The van der Waals surface area contributed by atoms with Crippen molar-refractivity contribution in [3.63, 3.8) is 0 Å². The Morgan fingerprint density at radius 2 is 1.63 bits per heavy atom. The molecule has 3 nitrogen and oxygen atoms in total. The summed E-state index contributed by atoms with van der Waals surface area (Å²) in [6.45, 7) is -0.598. The minimum atomic E-state index is -5.70. The molecule has 0 aromatic heterocycles. The maximum Gasteiger partial charge on any atom is 0.409 e. The summed E-state index contributed by atoms with van der Waals surface area (Å²) in [5, 5.41) is -0.902. The van der Waals surface area contributed by atoms with Gasteiger partial charge in [0.2, 0.25) is 11.8 Å². The summed E-state index contributed by atoms with van der Waals surface area (Å²) >= 11 is 5.57. The van der Waals surface area contributed by atoms with E-state index in [0.29, 0.717) is 4.90 Å². The fraction of sp³-hybridized carbons (Fsp3) is 0.889. The Labute approximate surface area is 110 Å². The predicted molar refractivity (Wildman–Crippen MR) is 54.8 cm³/mol. The van der Waals surface area contributed by atoms with Gasteiger partial charge in [0.25, 0.3) is 0 Å². The molecule has 0 aliphatic heterocycles. The molecule has 0 aliphatic carbocycles. The van der Waals surface area contributed by atoms with Gasteiger partial charge in [0.1, 0.15) is 0 Å². The SMILES string of the molecule is COCC(Cl)CN(C)C(=O)C(C(F)(F)F)C(F)(F)F. The Kier molecular flexibility index (Phi) is 6.40. The quantitative estimate of drug-likeness (QED) is 0.576. The van der Waals surface area contributed by atoms with Crippen molar-refractivity contribution in [2.75, 3.05) is 27.3 Å². The number of alkyl halides is 7. The van der Waals surface area contributed by atoms with Crippen LogP contribution >= 0.6 is 11.6 Å². The van der Waals surface area contributed by atoms with Crippen LogP contribution in [0.5, 0.6) is 0 Å². The molecule has 1 unspecified atom stereocenters. The first-order valence-corrected chi connectivity index (χ1v) is 5.36. The highest BCUT2D eigenvalue weighted by molar-refractivity contribution is 6.21. The van der Waals surface area contributed by atoms with E-state index in [-0.39, 0.29) is 6.61 Å². The van der Waals surface area contributed by atoms with Crippen LogP contribution in [0, 0.1) is 5.92 Å². The van der Waals surface area contributed by atoms with E-state index < -0.39 is 36.1 Å². The molecule has 0 aromatic rings. The van der Waals surface area contributed by atoms with Crippen molar-refractivity contribution < 1.29 is 35.9 Å². The van der Waals surface area contributed by atoms with Gasteiger partial charge in [-0.3, -0.25) is 4.79 Å². The van der Waals surface area contributed by atoms with Crippen molar-refractivity contribution in [3.05, 3.63) is 0 Å². The molecule has 0 saturated heterocycles. The predicted octanol–water partition coefficient (Wildman–Crippen LogP) is 2.44. The number of carbonyl (C=O) groups is 1. The molecular weight excluding hydrogens is 304 g/mol. The molecule has 114 valence electrons. The second-order valence-electron chi connectivity index (χ2n) is 3.79. The van der Waals surface area contributed by atoms with Gasteiger partial charge >= 0.3 is 12.4 Å². The van der Waals surface area contributed by atoms with Crippen molar-refractivity contribution in [1.29, 1.82) is 0 Å². The summed E-state index contributed by atoms with van der Waals surface area (Å²) in [5.41, 5.74) is 0. The maximum atomic E-state index is 12.3. The zero-order valence-corrected chi connectivity index (χ0v) is 10.7. The third kappa shape index (κ3) is 5.85. The van der Waals surface area contributed by atoms with Crippen LogP contribution in [-0.4, -0.2) is 55.8 Å². The molecule has 0 bridgehead atoms. The highest BCUT2D eigenvalue weighted by Crippen LogP contribution is 2.40. The fourth-order valence-electron chi connectivity index (χ4n) is 1.31. The molecule has 0 aromatic carbocycles. The van der Waals surface area contributed by atoms with Gasteiger partial charge in [-0.05, 0) is 0 Å². The van der Waals surface area contributed by atoms with E-state index in [1.54, 1.807) is 0 Å². The molecule has 10 heteroatoms. The van der Waals surface area contributed by atoms with Crippen LogP contribution in [0.1, 0.15) is 0 Å². The lowest BCUT2D eigenvalue weighted by molar-refractivity contribution is -0.277. The summed E-state index contributed by atoms with van der Waals surface area (Å²) < 4.78 is 78.3. The lowest BCUT2D eigenvalue weighted by Crippen LogP contribution is -2.49. The average molecular weight is 316 g/mol. The van der Waals surface area contributed by atoms with E-state index >= 15 is 0 Å². The summed E-state index contributed by atoms with van der Waals surface area (Å²) in [4.78, 5) is 11.6. The Bertz CT molecular complexity index is 292. The van der Waals surface area contributed by atoms with Crippen LogP contribution in [0.2, 0.25) is 0 Å². The molecule has 0 N–H and O–H groups in total. The summed E-state index contributed by atoms with van der Waals surface area (Å²) in [6, 6.07) is 0. The van der Waals surface area contributed by atoms with Crippen molar-refractivity contribution in [2.45, 2.75) is 17.7 Å². The van der Waals surface area contributed by atoms with Crippen molar-refractivity contribution >= 4 is 17.5 Å². The van der Waals surface area contributed by atoms with Gasteiger partial charge in [0.15, 0.2) is 0 Å². The number of carbonyl (C=O) groups excluding carboxylic acids is 1. The Morgan fingerprint density at radius 3 is 1.95 bits per heavy atom. The van der Waals surface area contributed by atoms with Gasteiger partial charge < -0.3 is 9.64 Å². The largest absolute Gasteiger partial charge is 0.409 e. The lowest BCUT2D eigenvalue weighted by Gasteiger charge is -2.28. The third-order valence-electron chi connectivity index (χ3n) is 2.10. The van der Waals surface area contributed by atoms with Crippen molar-refractivity contribution in [3.8, 4) is 0 Å². The zero-order chi connectivity index (χ0) is 15.4. The van der Waals surface area contributed by atoms with E-state index in [1.165, 1.54) is 7.11 Å². The zero-order valence-electron chi connectivity index (χ0n) is 9.98. The molecule has 1 atom stereocenters. The van der Waals surface area contributed by atoms with E-state index in [0.717, 1.165) is 7.05 Å². The van der Waals surface area contributed by atoms with E-state index in [4.69, 9.17) is 11.6 Å². The molecule has 0 heterocycles. The Hall–Kier alpha value is -0.700. The number of hydrogen-bond acceptors (Lipinski definition) is 2. The summed E-state index contributed by atoms with van der Waals surface area (Å²) in [5.74, 6) is -6.14. The maximum absolute atomic E-state index is 12.3. The highest BCUT2D eigenvalue weighted by atomic mass is 35.5. The Balaban J connectivity index is 4.92. The third-order valence-corrected chi connectivity index (χ3v) is 2.36. The number of rotatable bonds is 5. The number of hydrogen-bond donors (Lipinski definition) is 0. The first-order valence-electron chi connectivity index (χ1n) is 4.92. The monoisotopic (exact) mass is 315 g/mol. The van der Waals surface area contributed by atoms with Crippen LogP contribution in [-0.2, 0) is 9.53 Å². The minimum Gasteiger partial charge on any atom is -0.383 e. The minimum absolute atomic E-state index is 0.109. The Morgan fingerprint density at radius 1 is 1.21 bits per heavy atom. The van der Waals surface area contributed by atoms with Gasteiger partial charge in [0, 0.05) is 20.7 Å². The van der Waals surface area contributed by atoms with Gasteiger partial charge in [-0.15, -0.1) is 11.6 Å². The van der Waals surface area contributed by atoms with Crippen molar-refractivity contribution in [2.24, 2.45) is 5.92 Å². The number of nitrogens with zero attached hydrogens (tertiary/aromatic N) is 1. The van der Waals surface area contributed by atoms with Crippen LogP contribution in [0.25, 0.3) is 0 Å². The lowest BCUT2D eigenvalue weighted by atomic mass is 10.1. The number of ether oxygens (including phenoxy) is 1.